The molecule has 2 heterocycles. The fraction of sp³-hybridized carbons (Fsp3) is 0.895. The third-order valence-corrected chi connectivity index (χ3v) is 11.8. The Kier molecular flexibility index (Phi) is 3.16. The zero-order chi connectivity index (χ0) is 14.0. The molecule has 6 atom stereocenters. The lowest BCUT2D eigenvalue weighted by Gasteiger charge is -2.63. The van der Waals surface area contributed by atoms with E-state index < -0.39 is 0 Å². The van der Waals surface area contributed by atoms with E-state index in [1.54, 1.807) is 18.4 Å². The lowest BCUT2D eigenvalue weighted by atomic mass is 9.51. The molecule has 2 saturated heterocycles. The molecule has 0 aromatic carbocycles. The van der Waals surface area contributed by atoms with Crippen molar-refractivity contribution in [1.29, 1.82) is 0 Å². The quantitative estimate of drug-likeness (QED) is 0.381. The predicted octanol–water partition coefficient (Wildman–Crippen LogP) is 5.96. The van der Waals surface area contributed by atoms with Crippen LogP contribution >= 0.6 is 7.92 Å². The summed E-state index contributed by atoms with van der Waals surface area (Å²) in [7, 11) is 0.238. The Hall–Kier alpha value is 0.170. The number of allylic oxidation sites excluding steroid dienone is 1. The Balaban J connectivity index is 1.70. The van der Waals surface area contributed by atoms with Gasteiger partial charge in [-0.15, -0.1) is 0 Å². The molecule has 0 aromatic heterocycles. The average Bonchev–Trinajstić information content (AvgIpc) is 2.81. The van der Waals surface area contributed by atoms with Gasteiger partial charge in [-0.3, -0.25) is 0 Å². The summed E-state index contributed by atoms with van der Waals surface area (Å²) in [5.74, 6) is 2.11. The average molecular weight is 290 g/mol. The van der Waals surface area contributed by atoms with Gasteiger partial charge in [0.05, 0.1) is 0 Å². The molecule has 0 aromatic rings. The van der Waals surface area contributed by atoms with Crippen molar-refractivity contribution >= 4 is 7.92 Å². The molecule has 0 spiro atoms. The van der Waals surface area contributed by atoms with Gasteiger partial charge in [0.15, 0.2) is 0 Å². The fourth-order valence-electron chi connectivity index (χ4n) is 6.80. The van der Waals surface area contributed by atoms with Crippen LogP contribution in [0.3, 0.4) is 0 Å². The lowest BCUT2D eigenvalue weighted by molar-refractivity contribution is -0.0269. The molecule has 2 aliphatic heterocycles. The highest BCUT2D eigenvalue weighted by atomic mass is 31.1. The van der Waals surface area contributed by atoms with Crippen LogP contribution < -0.4 is 0 Å². The smallest absolute Gasteiger partial charge is 0.000321 e. The van der Waals surface area contributed by atoms with Gasteiger partial charge in [0.1, 0.15) is 0 Å². The third-order valence-electron chi connectivity index (χ3n) is 7.90. The van der Waals surface area contributed by atoms with Crippen LogP contribution in [-0.2, 0) is 0 Å². The van der Waals surface area contributed by atoms with Crippen molar-refractivity contribution in [3.63, 3.8) is 0 Å². The molecule has 0 N–H and O–H groups in total. The topological polar surface area (TPSA) is 0 Å². The molecule has 4 aliphatic rings. The van der Waals surface area contributed by atoms with Gasteiger partial charge in [0, 0.05) is 5.66 Å². The van der Waals surface area contributed by atoms with Gasteiger partial charge in [-0.25, -0.2) is 0 Å². The minimum atomic E-state index is 0.238. The Morgan fingerprint density at radius 2 is 1.90 bits per heavy atom. The second-order valence-electron chi connectivity index (χ2n) is 8.59. The van der Waals surface area contributed by atoms with Crippen LogP contribution in [0.15, 0.2) is 12.2 Å². The van der Waals surface area contributed by atoms with Crippen molar-refractivity contribution in [2.24, 2.45) is 17.3 Å². The highest BCUT2D eigenvalue weighted by Gasteiger charge is 2.60. The van der Waals surface area contributed by atoms with Crippen molar-refractivity contribution in [1.82, 2.24) is 0 Å². The predicted molar refractivity (Wildman–Crippen MR) is 89.8 cm³/mol. The Labute approximate surface area is 126 Å². The SMILES string of the molecule is C=C1CCP2C1CCC1C3(C)CCCCC3CCC12C. The molecular weight excluding hydrogens is 259 g/mol. The second kappa shape index (κ2) is 4.58. The van der Waals surface area contributed by atoms with Crippen molar-refractivity contribution in [3.8, 4) is 0 Å². The summed E-state index contributed by atoms with van der Waals surface area (Å²) in [6.07, 6.45) is 15.1. The monoisotopic (exact) mass is 290 g/mol. The van der Waals surface area contributed by atoms with E-state index in [0.29, 0.717) is 10.6 Å². The largest absolute Gasteiger partial charge is 0.0992 e. The van der Waals surface area contributed by atoms with Crippen molar-refractivity contribution in [2.75, 3.05) is 6.16 Å². The fourth-order valence-corrected chi connectivity index (χ4v) is 11.1. The van der Waals surface area contributed by atoms with Crippen LogP contribution in [0.4, 0.5) is 0 Å². The van der Waals surface area contributed by atoms with Gasteiger partial charge in [0.25, 0.3) is 0 Å². The number of hydrogen-bond donors (Lipinski definition) is 0. The summed E-state index contributed by atoms with van der Waals surface area (Å²) in [6.45, 7) is 9.83. The van der Waals surface area contributed by atoms with Crippen molar-refractivity contribution in [2.45, 2.75) is 82.4 Å². The molecule has 4 rings (SSSR count). The van der Waals surface area contributed by atoms with E-state index in [-0.39, 0.29) is 7.92 Å². The Bertz CT molecular complexity index is 427. The van der Waals surface area contributed by atoms with E-state index >= 15 is 0 Å². The van der Waals surface area contributed by atoms with Crippen LogP contribution in [0.1, 0.15) is 71.6 Å². The second-order valence-corrected chi connectivity index (χ2v) is 11.6. The van der Waals surface area contributed by atoms with Crippen molar-refractivity contribution < 1.29 is 0 Å². The van der Waals surface area contributed by atoms with Crippen LogP contribution in [0.5, 0.6) is 0 Å². The molecule has 0 bridgehead atoms. The van der Waals surface area contributed by atoms with Gasteiger partial charge in [0.2, 0.25) is 0 Å². The third kappa shape index (κ3) is 1.70. The minimum Gasteiger partial charge on any atom is -0.0992 e. The normalized spacial score (nSPS) is 55.0. The lowest BCUT2D eigenvalue weighted by Crippen LogP contribution is -2.55. The first-order valence-corrected chi connectivity index (χ1v) is 10.6. The first kappa shape index (κ1) is 13.8. The van der Waals surface area contributed by atoms with E-state index in [2.05, 4.69) is 20.4 Å². The van der Waals surface area contributed by atoms with Crippen LogP contribution in [0.2, 0.25) is 0 Å². The van der Waals surface area contributed by atoms with Gasteiger partial charge >= 0.3 is 0 Å². The maximum atomic E-state index is 4.42. The molecular formula is C19H31P. The zero-order valence-corrected chi connectivity index (χ0v) is 14.4. The maximum absolute atomic E-state index is 4.42. The number of rotatable bonds is 0. The van der Waals surface area contributed by atoms with Crippen LogP contribution in [0.25, 0.3) is 0 Å². The first-order valence-electron chi connectivity index (χ1n) is 9.00. The van der Waals surface area contributed by atoms with E-state index in [1.165, 1.54) is 51.1 Å². The van der Waals surface area contributed by atoms with E-state index in [0.717, 1.165) is 17.5 Å². The Morgan fingerprint density at radius 3 is 2.75 bits per heavy atom. The first-order chi connectivity index (χ1) is 9.56. The zero-order valence-electron chi connectivity index (χ0n) is 13.5. The van der Waals surface area contributed by atoms with Crippen LogP contribution in [0, 0.1) is 17.3 Å². The molecule has 2 aliphatic carbocycles. The van der Waals surface area contributed by atoms with Gasteiger partial charge < -0.3 is 0 Å². The molecule has 1 heteroatoms. The molecule has 20 heavy (non-hydrogen) atoms. The number of hydrogen-bond acceptors (Lipinski definition) is 0. The van der Waals surface area contributed by atoms with E-state index in [9.17, 15) is 0 Å². The summed E-state index contributed by atoms with van der Waals surface area (Å²) in [5.41, 5.74) is 3.28. The Morgan fingerprint density at radius 1 is 1.05 bits per heavy atom. The summed E-state index contributed by atoms with van der Waals surface area (Å²) in [6, 6.07) is 0. The highest BCUT2D eigenvalue weighted by molar-refractivity contribution is 7.60. The highest BCUT2D eigenvalue weighted by Crippen LogP contribution is 2.75. The van der Waals surface area contributed by atoms with E-state index in [1.807, 2.05) is 0 Å². The molecule has 2 saturated carbocycles. The summed E-state index contributed by atoms with van der Waals surface area (Å²) >= 11 is 0. The van der Waals surface area contributed by atoms with Crippen LogP contribution in [-0.4, -0.2) is 17.0 Å². The minimum absolute atomic E-state index is 0.238. The molecule has 0 nitrogen and oxygen atoms in total. The van der Waals surface area contributed by atoms with Crippen molar-refractivity contribution in [3.05, 3.63) is 12.2 Å². The maximum Gasteiger partial charge on any atom is 0.000321 e. The molecule has 4 fully saturated rings. The van der Waals surface area contributed by atoms with E-state index in [4.69, 9.17) is 0 Å². The summed E-state index contributed by atoms with van der Waals surface area (Å²) < 4.78 is 0. The molecule has 0 radical (unpaired) electrons. The molecule has 6 unspecified atom stereocenters. The summed E-state index contributed by atoms with van der Waals surface area (Å²) in [5, 5.41) is 0.709. The number of fused-ring (bicyclic) bond motifs is 5. The molecule has 112 valence electrons. The van der Waals surface area contributed by atoms with Gasteiger partial charge in [-0.05, 0) is 73.5 Å². The van der Waals surface area contributed by atoms with Gasteiger partial charge in [-0.2, -0.15) is 0 Å². The summed E-state index contributed by atoms with van der Waals surface area (Å²) in [4.78, 5) is 0. The van der Waals surface area contributed by atoms with Gasteiger partial charge in [-0.1, -0.05) is 46.8 Å². The molecule has 0 amide bonds. The standard InChI is InChI=1S/C19H31P/c1-14-10-13-20-16(14)7-8-17-18(2)11-5-4-6-15(18)9-12-19(17,20)3/h15-17H,1,4-13H2,2-3H3.